The zero-order chi connectivity index (χ0) is 6.41. The summed E-state index contributed by atoms with van der Waals surface area (Å²) in [5, 5.41) is 0. The van der Waals surface area contributed by atoms with Crippen molar-refractivity contribution in [3.8, 4) is 0 Å². The Kier molecular flexibility index (Phi) is 4.93. The maximum atomic E-state index is 9.84. The first-order valence-corrected chi connectivity index (χ1v) is 3.65. The van der Waals surface area contributed by atoms with E-state index in [0.717, 1.165) is 0 Å². The first-order valence-electron chi connectivity index (χ1n) is 2.28. The average molecular weight is 138 g/mol. The van der Waals surface area contributed by atoms with Crippen molar-refractivity contribution >= 4 is 10.7 Å². The molecule has 0 aliphatic carbocycles. The molecule has 0 aromatic heterocycles. The maximum absolute atomic E-state index is 9.84. The van der Waals surface area contributed by atoms with Crippen LogP contribution in [0, 0.1) is 0 Å². The van der Waals surface area contributed by atoms with E-state index >= 15 is 0 Å². The second kappa shape index (κ2) is 5.02. The fourth-order valence-electron chi connectivity index (χ4n) is 0.272. The van der Waals surface area contributed by atoms with E-state index in [1.807, 2.05) is 0 Å². The van der Waals surface area contributed by atoms with Crippen LogP contribution >= 0.6 is 0 Å². The van der Waals surface area contributed by atoms with Crippen LogP contribution in [0.25, 0.3) is 0 Å². The van der Waals surface area contributed by atoms with Gasteiger partial charge in [0.15, 0.2) is 0 Å². The van der Waals surface area contributed by atoms with E-state index in [1.165, 1.54) is 0 Å². The average Bonchev–Trinajstić information content (AvgIpc) is 1.66. The minimum absolute atomic E-state index is 0.191. The quantitative estimate of drug-likeness (QED) is 0.247. The molecule has 8 heavy (non-hydrogen) atoms. The normalized spacial score (nSPS) is 10.2. The molecule has 0 saturated heterocycles. The molecular formula is C3H10N2O2S. The third-order valence-corrected chi connectivity index (χ3v) is 1.18. The van der Waals surface area contributed by atoms with Crippen molar-refractivity contribution < 1.29 is 8.42 Å². The lowest BCUT2D eigenvalue weighted by molar-refractivity contribution is 0.594. The van der Waals surface area contributed by atoms with Crippen LogP contribution in [0.2, 0.25) is 0 Å². The smallest absolute Gasteiger partial charge is 0.141 e. The Hall–Kier alpha value is -0.130. The molecule has 2 N–H and O–H groups in total. The van der Waals surface area contributed by atoms with Gasteiger partial charge in [0.2, 0.25) is 0 Å². The molecule has 50 valence electrons. The molecule has 0 unspecified atom stereocenters. The molecule has 0 spiro atoms. The molecule has 0 aliphatic heterocycles. The Morgan fingerprint density at radius 1 is 1.50 bits per heavy atom. The number of thiol groups is 1. The Labute approximate surface area is 50.2 Å². The minimum Gasteiger partial charge on any atom is -0.261 e. The number of hydrogen-bond acceptors (Lipinski definition) is 4. The van der Waals surface area contributed by atoms with Crippen LogP contribution in [-0.2, 0) is 10.7 Å². The number of hydrazine groups is 1. The molecule has 0 heterocycles. The summed E-state index contributed by atoms with van der Waals surface area (Å²) >= 11 is 0. The summed E-state index contributed by atoms with van der Waals surface area (Å²) in [5.74, 6) is 0.191. The molecule has 0 bridgehead atoms. The first kappa shape index (κ1) is 7.87. The van der Waals surface area contributed by atoms with Gasteiger partial charge in [0.25, 0.3) is 0 Å². The van der Waals surface area contributed by atoms with Crippen molar-refractivity contribution in [3.05, 3.63) is 0 Å². The summed E-state index contributed by atoms with van der Waals surface area (Å²) < 4.78 is 19.7. The molecule has 0 aromatic rings. The van der Waals surface area contributed by atoms with E-state index in [2.05, 4.69) is 10.9 Å². The van der Waals surface area contributed by atoms with Crippen molar-refractivity contribution in [2.75, 3.05) is 19.3 Å². The van der Waals surface area contributed by atoms with Crippen LogP contribution < -0.4 is 10.9 Å². The predicted molar refractivity (Wildman–Crippen MR) is 32.2 cm³/mol. The summed E-state index contributed by atoms with van der Waals surface area (Å²) in [6.45, 7) is 0.467. The first-order chi connectivity index (χ1) is 3.77. The molecular weight excluding hydrogens is 128 g/mol. The molecule has 0 radical (unpaired) electrons. The lowest BCUT2D eigenvalue weighted by Gasteiger charge is -1.94. The van der Waals surface area contributed by atoms with Gasteiger partial charge in [-0.1, -0.05) is 0 Å². The third-order valence-electron chi connectivity index (χ3n) is 0.596. The number of hydrogen-bond donors (Lipinski definition) is 3. The summed E-state index contributed by atoms with van der Waals surface area (Å²) in [6.07, 6.45) is 0. The Balaban J connectivity index is 2.94. The third kappa shape index (κ3) is 5.87. The van der Waals surface area contributed by atoms with Crippen LogP contribution in [-0.4, -0.2) is 27.8 Å². The van der Waals surface area contributed by atoms with Crippen LogP contribution in [0.15, 0.2) is 0 Å². The SMILES string of the molecule is CNNCC[SH](=O)=O. The van der Waals surface area contributed by atoms with Crippen molar-refractivity contribution in [1.29, 1.82) is 0 Å². The van der Waals surface area contributed by atoms with Gasteiger partial charge in [0.05, 0.1) is 5.75 Å². The van der Waals surface area contributed by atoms with E-state index in [-0.39, 0.29) is 5.75 Å². The zero-order valence-corrected chi connectivity index (χ0v) is 5.57. The molecule has 0 atom stereocenters. The number of rotatable bonds is 4. The van der Waals surface area contributed by atoms with E-state index in [1.54, 1.807) is 7.05 Å². The molecule has 0 fully saturated rings. The topological polar surface area (TPSA) is 58.2 Å². The zero-order valence-electron chi connectivity index (χ0n) is 4.68. The minimum atomic E-state index is -2.21. The van der Waals surface area contributed by atoms with Crippen molar-refractivity contribution in [2.45, 2.75) is 0 Å². The Morgan fingerprint density at radius 2 is 2.12 bits per heavy atom. The van der Waals surface area contributed by atoms with Crippen LogP contribution in [0.1, 0.15) is 0 Å². The van der Waals surface area contributed by atoms with Crippen LogP contribution in [0.5, 0.6) is 0 Å². The fourth-order valence-corrected chi connectivity index (χ4v) is 0.567. The van der Waals surface area contributed by atoms with Crippen molar-refractivity contribution in [1.82, 2.24) is 10.9 Å². The molecule has 0 saturated carbocycles. The fraction of sp³-hybridized carbons (Fsp3) is 1.00. The maximum Gasteiger partial charge on any atom is 0.141 e. The second-order valence-corrected chi connectivity index (χ2v) is 2.35. The van der Waals surface area contributed by atoms with Crippen LogP contribution in [0.4, 0.5) is 0 Å². The van der Waals surface area contributed by atoms with Gasteiger partial charge >= 0.3 is 0 Å². The van der Waals surface area contributed by atoms with E-state index in [4.69, 9.17) is 0 Å². The molecule has 0 amide bonds. The van der Waals surface area contributed by atoms with Crippen LogP contribution in [0.3, 0.4) is 0 Å². The van der Waals surface area contributed by atoms with Gasteiger partial charge in [-0.2, -0.15) is 0 Å². The van der Waals surface area contributed by atoms with Crippen molar-refractivity contribution in [3.63, 3.8) is 0 Å². The largest absolute Gasteiger partial charge is 0.261 e. The standard InChI is InChI=1S/C3H10N2O2S/c1-4-5-2-3-8(6)7/h4-5,8H,2-3H2,1H3. The van der Waals surface area contributed by atoms with Gasteiger partial charge < -0.3 is 0 Å². The van der Waals surface area contributed by atoms with Gasteiger partial charge in [-0.15, -0.1) is 0 Å². The Bertz CT molecular complexity index is 104. The molecule has 0 rings (SSSR count). The highest BCUT2D eigenvalue weighted by atomic mass is 32.2. The lowest BCUT2D eigenvalue weighted by atomic mass is 10.8. The predicted octanol–water partition coefficient (Wildman–Crippen LogP) is -1.68. The second-order valence-electron chi connectivity index (χ2n) is 1.23. The summed E-state index contributed by atoms with van der Waals surface area (Å²) in [6, 6.07) is 0. The van der Waals surface area contributed by atoms with E-state index in [0.29, 0.717) is 6.54 Å². The molecule has 0 aliphatic rings. The summed E-state index contributed by atoms with van der Waals surface area (Å²) in [7, 11) is -0.522. The molecule has 5 heteroatoms. The molecule has 0 aromatic carbocycles. The summed E-state index contributed by atoms with van der Waals surface area (Å²) in [4.78, 5) is 0. The van der Waals surface area contributed by atoms with E-state index in [9.17, 15) is 8.42 Å². The van der Waals surface area contributed by atoms with Gasteiger partial charge in [-0.25, -0.2) is 8.42 Å². The summed E-state index contributed by atoms with van der Waals surface area (Å²) in [5.41, 5.74) is 5.25. The Morgan fingerprint density at radius 3 is 2.50 bits per heavy atom. The highest BCUT2D eigenvalue weighted by Crippen LogP contribution is 1.58. The van der Waals surface area contributed by atoms with Gasteiger partial charge in [-0.05, 0) is 7.05 Å². The number of nitrogens with one attached hydrogen (secondary N) is 2. The highest BCUT2D eigenvalue weighted by molar-refractivity contribution is 7.72. The molecule has 4 nitrogen and oxygen atoms in total. The van der Waals surface area contributed by atoms with Gasteiger partial charge in [-0.3, -0.25) is 10.9 Å². The van der Waals surface area contributed by atoms with E-state index < -0.39 is 10.7 Å². The van der Waals surface area contributed by atoms with Gasteiger partial charge in [0, 0.05) is 6.54 Å². The van der Waals surface area contributed by atoms with Gasteiger partial charge in [0.1, 0.15) is 10.7 Å². The monoisotopic (exact) mass is 138 g/mol. The van der Waals surface area contributed by atoms with Crippen molar-refractivity contribution in [2.24, 2.45) is 0 Å². The lowest BCUT2D eigenvalue weighted by Crippen LogP contribution is -2.30. The highest BCUT2D eigenvalue weighted by Gasteiger charge is 1.82.